The molecule has 0 aliphatic heterocycles. The van der Waals surface area contributed by atoms with Gasteiger partial charge in [0.15, 0.2) is 0 Å². The summed E-state index contributed by atoms with van der Waals surface area (Å²) >= 11 is 11.4. The molecule has 0 saturated carbocycles. The topological polar surface area (TPSA) is 42.7 Å². The van der Waals surface area contributed by atoms with Crippen molar-refractivity contribution in [2.45, 2.75) is 6.92 Å². The van der Waals surface area contributed by atoms with Gasteiger partial charge in [0.25, 0.3) is 0 Å². The van der Waals surface area contributed by atoms with E-state index in [1.807, 2.05) is 25.1 Å². The van der Waals surface area contributed by atoms with E-state index >= 15 is 0 Å². The Kier molecular flexibility index (Phi) is 3.40. The number of benzene rings is 1. The second-order valence-corrected chi connectivity index (χ2v) is 4.26. The van der Waals surface area contributed by atoms with Gasteiger partial charge in [0.2, 0.25) is 10.7 Å². The Balaban J connectivity index is 2.65. The van der Waals surface area contributed by atoms with Crippen LogP contribution in [-0.4, -0.2) is 21.6 Å². The van der Waals surface area contributed by atoms with Gasteiger partial charge in [-0.15, -0.1) is 0 Å². The predicted molar refractivity (Wildman–Crippen MR) is 71.5 cm³/mol. The third-order valence-corrected chi connectivity index (χ3v) is 2.95. The summed E-state index contributed by atoms with van der Waals surface area (Å²) in [6, 6.07) is 5.68. The zero-order chi connectivity index (χ0) is 12.4. The lowest BCUT2D eigenvalue weighted by Gasteiger charge is -2.11. The van der Waals surface area contributed by atoms with E-state index in [4.69, 9.17) is 23.8 Å². The Morgan fingerprint density at radius 1 is 1.41 bits per heavy atom. The van der Waals surface area contributed by atoms with E-state index < -0.39 is 0 Å². The van der Waals surface area contributed by atoms with Crippen LogP contribution in [0.4, 0.5) is 5.95 Å². The Bertz CT molecular complexity index is 588. The molecule has 0 atom stereocenters. The van der Waals surface area contributed by atoms with Gasteiger partial charge in [-0.1, -0.05) is 23.7 Å². The number of aromatic nitrogens is 3. The van der Waals surface area contributed by atoms with E-state index in [1.54, 1.807) is 17.9 Å². The molecule has 0 aliphatic rings. The average molecular weight is 267 g/mol. The summed E-state index contributed by atoms with van der Waals surface area (Å²) in [6.45, 7) is 1.97. The van der Waals surface area contributed by atoms with Crippen LogP contribution < -0.4 is 5.32 Å². The zero-order valence-corrected chi connectivity index (χ0v) is 11.0. The van der Waals surface area contributed by atoms with Crippen molar-refractivity contribution in [2.75, 3.05) is 12.4 Å². The maximum atomic E-state index is 6.17. The highest BCUT2D eigenvalue weighted by atomic mass is 35.5. The summed E-state index contributed by atoms with van der Waals surface area (Å²) in [6.07, 6.45) is 1.62. The van der Waals surface area contributed by atoms with Gasteiger partial charge in [0.1, 0.15) is 6.33 Å². The lowest BCUT2D eigenvalue weighted by atomic mass is 10.2. The van der Waals surface area contributed by atoms with Crippen LogP contribution in [0.5, 0.6) is 0 Å². The van der Waals surface area contributed by atoms with Crippen molar-refractivity contribution in [3.8, 4) is 5.69 Å². The van der Waals surface area contributed by atoms with E-state index in [-0.39, 0.29) is 0 Å². The monoisotopic (exact) mass is 266 g/mol. The van der Waals surface area contributed by atoms with E-state index in [0.717, 1.165) is 11.3 Å². The maximum Gasteiger partial charge on any atom is 0.226 e. The van der Waals surface area contributed by atoms with E-state index in [0.29, 0.717) is 15.7 Å². The van der Waals surface area contributed by atoms with Crippen molar-refractivity contribution in [1.82, 2.24) is 14.5 Å². The first-order chi connectivity index (χ1) is 8.13. The molecule has 0 spiro atoms. The van der Waals surface area contributed by atoms with Gasteiger partial charge in [-0.2, -0.15) is 4.98 Å². The summed E-state index contributed by atoms with van der Waals surface area (Å²) in [7, 11) is 1.75. The Labute approximate surface area is 109 Å². The molecule has 4 nitrogen and oxygen atoms in total. The normalized spacial score (nSPS) is 10.3. The fourth-order valence-corrected chi connectivity index (χ4v) is 2.07. The second kappa shape index (κ2) is 4.81. The standard InChI is InChI=1S/C11H11ClN4S/c1-7-4-3-5-8(12)9(7)16-6-14-10(13-2)15-11(16)17/h3-6H,1-2H3,(H,13,15,17). The van der Waals surface area contributed by atoms with Gasteiger partial charge in [-0.05, 0) is 30.8 Å². The maximum absolute atomic E-state index is 6.17. The Hall–Kier alpha value is -1.46. The number of nitrogens with one attached hydrogen (secondary N) is 1. The van der Waals surface area contributed by atoms with Crippen LogP contribution in [0.25, 0.3) is 5.69 Å². The third kappa shape index (κ3) is 2.30. The number of rotatable bonds is 2. The van der Waals surface area contributed by atoms with Gasteiger partial charge < -0.3 is 5.32 Å². The van der Waals surface area contributed by atoms with Crippen molar-refractivity contribution >= 4 is 29.8 Å². The number of halogens is 1. The lowest BCUT2D eigenvalue weighted by molar-refractivity contribution is 0.890. The molecule has 1 heterocycles. The quantitative estimate of drug-likeness (QED) is 0.849. The van der Waals surface area contributed by atoms with Crippen LogP contribution in [0.15, 0.2) is 24.5 Å². The van der Waals surface area contributed by atoms with Gasteiger partial charge in [-0.3, -0.25) is 4.57 Å². The molecule has 0 unspecified atom stereocenters. The molecule has 17 heavy (non-hydrogen) atoms. The highest BCUT2D eigenvalue weighted by Crippen LogP contribution is 2.23. The number of hydrogen-bond acceptors (Lipinski definition) is 4. The zero-order valence-electron chi connectivity index (χ0n) is 9.44. The Morgan fingerprint density at radius 3 is 2.76 bits per heavy atom. The molecule has 1 aromatic heterocycles. The van der Waals surface area contributed by atoms with Crippen LogP contribution in [0.1, 0.15) is 5.56 Å². The van der Waals surface area contributed by atoms with Gasteiger partial charge in [-0.25, -0.2) is 4.98 Å². The molecule has 88 valence electrons. The molecule has 6 heteroatoms. The van der Waals surface area contributed by atoms with Crippen molar-refractivity contribution in [1.29, 1.82) is 0 Å². The van der Waals surface area contributed by atoms with Crippen LogP contribution in [0.2, 0.25) is 5.02 Å². The third-order valence-electron chi connectivity index (χ3n) is 2.36. The SMILES string of the molecule is CNc1ncn(-c2c(C)cccc2Cl)c(=S)n1. The number of nitrogens with zero attached hydrogens (tertiary/aromatic N) is 3. The van der Waals surface area contributed by atoms with Crippen LogP contribution >= 0.6 is 23.8 Å². The molecule has 2 rings (SSSR count). The molecule has 2 aromatic rings. The van der Waals surface area contributed by atoms with Crippen LogP contribution in [0, 0.1) is 11.7 Å². The number of hydrogen-bond donors (Lipinski definition) is 1. The van der Waals surface area contributed by atoms with Crippen molar-refractivity contribution < 1.29 is 0 Å². The smallest absolute Gasteiger partial charge is 0.226 e. The molecule has 1 N–H and O–H groups in total. The first kappa shape index (κ1) is 12.0. The lowest BCUT2D eigenvalue weighted by Crippen LogP contribution is -2.06. The second-order valence-electron chi connectivity index (χ2n) is 3.49. The summed E-state index contributed by atoms with van der Waals surface area (Å²) in [5.74, 6) is 0.496. The Morgan fingerprint density at radius 2 is 2.18 bits per heavy atom. The minimum Gasteiger partial charge on any atom is -0.357 e. The average Bonchev–Trinajstić information content (AvgIpc) is 2.30. The molecule has 0 fully saturated rings. The van der Waals surface area contributed by atoms with Gasteiger partial charge in [0, 0.05) is 7.05 Å². The summed E-state index contributed by atoms with van der Waals surface area (Å²) < 4.78 is 2.12. The summed E-state index contributed by atoms with van der Waals surface area (Å²) in [5, 5.41) is 3.47. The molecular formula is C11H11ClN4S. The first-order valence-electron chi connectivity index (χ1n) is 5.02. The van der Waals surface area contributed by atoms with Gasteiger partial charge >= 0.3 is 0 Å². The van der Waals surface area contributed by atoms with E-state index in [1.165, 1.54) is 0 Å². The molecule has 0 saturated heterocycles. The van der Waals surface area contributed by atoms with E-state index in [2.05, 4.69) is 15.3 Å². The summed E-state index contributed by atoms with van der Waals surface area (Å²) in [5.41, 5.74) is 1.84. The van der Waals surface area contributed by atoms with Crippen molar-refractivity contribution in [2.24, 2.45) is 0 Å². The molecule has 0 amide bonds. The van der Waals surface area contributed by atoms with Crippen molar-refractivity contribution in [3.05, 3.63) is 39.9 Å². The fraction of sp³-hybridized carbons (Fsp3) is 0.182. The predicted octanol–water partition coefficient (Wildman–Crippen LogP) is 3.00. The molecule has 0 aliphatic carbocycles. The van der Waals surface area contributed by atoms with Crippen LogP contribution in [-0.2, 0) is 0 Å². The number of anilines is 1. The molecular weight excluding hydrogens is 256 g/mol. The number of aryl methyl sites for hydroxylation is 1. The molecule has 0 bridgehead atoms. The highest BCUT2D eigenvalue weighted by Gasteiger charge is 2.07. The number of para-hydroxylation sites is 1. The minimum absolute atomic E-state index is 0.417. The summed E-state index contributed by atoms with van der Waals surface area (Å²) in [4.78, 5) is 8.28. The molecule has 1 aromatic carbocycles. The van der Waals surface area contributed by atoms with Gasteiger partial charge in [0.05, 0.1) is 10.7 Å². The largest absolute Gasteiger partial charge is 0.357 e. The van der Waals surface area contributed by atoms with Crippen molar-refractivity contribution in [3.63, 3.8) is 0 Å². The first-order valence-corrected chi connectivity index (χ1v) is 5.81. The fourth-order valence-electron chi connectivity index (χ4n) is 1.54. The highest BCUT2D eigenvalue weighted by molar-refractivity contribution is 7.71. The van der Waals surface area contributed by atoms with E-state index in [9.17, 15) is 0 Å². The minimum atomic E-state index is 0.417. The molecule has 0 radical (unpaired) electrons. The van der Waals surface area contributed by atoms with Crippen LogP contribution in [0.3, 0.4) is 0 Å².